The Morgan fingerprint density at radius 1 is 1.47 bits per heavy atom. The van der Waals surface area contributed by atoms with Crippen molar-refractivity contribution >= 4 is 17.6 Å². The van der Waals surface area contributed by atoms with E-state index in [-0.39, 0.29) is 6.42 Å². The Hall–Kier alpha value is -1.22. The smallest absolute Gasteiger partial charge is 0.303 e. The molecular formula is C13H17ClO3. The molecule has 0 aliphatic heterocycles. The van der Waals surface area contributed by atoms with Crippen molar-refractivity contribution in [2.75, 3.05) is 7.11 Å². The highest BCUT2D eigenvalue weighted by Crippen LogP contribution is 2.33. The Morgan fingerprint density at radius 3 is 2.65 bits per heavy atom. The van der Waals surface area contributed by atoms with Crippen molar-refractivity contribution in [3.05, 3.63) is 27.8 Å². The van der Waals surface area contributed by atoms with Crippen molar-refractivity contribution in [3.8, 4) is 5.75 Å². The van der Waals surface area contributed by atoms with Crippen LogP contribution in [0.25, 0.3) is 0 Å². The monoisotopic (exact) mass is 256 g/mol. The lowest BCUT2D eigenvalue weighted by molar-refractivity contribution is -0.137. The van der Waals surface area contributed by atoms with Crippen LogP contribution >= 0.6 is 11.6 Å². The van der Waals surface area contributed by atoms with Gasteiger partial charge in [0.1, 0.15) is 5.75 Å². The molecular weight excluding hydrogens is 240 g/mol. The van der Waals surface area contributed by atoms with Crippen LogP contribution in [0.3, 0.4) is 0 Å². The molecule has 1 aromatic rings. The third-order valence-corrected chi connectivity index (χ3v) is 3.32. The Bertz CT molecular complexity index is 427. The van der Waals surface area contributed by atoms with Gasteiger partial charge in [-0.2, -0.15) is 0 Å². The summed E-state index contributed by atoms with van der Waals surface area (Å²) in [5.74, 6) is -0.00244. The molecule has 0 amide bonds. The van der Waals surface area contributed by atoms with Gasteiger partial charge in [0.25, 0.3) is 0 Å². The number of ether oxygens (including phenoxy) is 1. The summed E-state index contributed by atoms with van der Waals surface area (Å²) in [6.07, 6.45) is 1.46. The van der Waals surface area contributed by atoms with E-state index in [9.17, 15) is 4.79 Å². The first-order chi connectivity index (χ1) is 7.97. The van der Waals surface area contributed by atoms with E-state index in [1.807, 2.05) is 19.9 Å². The molecule has 4 heteroatoms. The van der Waals surface area contributed by atoms with E-state index in [1.54, 1.807) is 7.11 Å². The molecule has 0 saturated heterocycles. The van der Waals surface area contributed by atoms with Gasteiger partial charge in [0.15, 0.2) is 0 Å². The first kappa shape index (κ1) is 13.8. The third kappa shape index (κ3) is 3.37. The lowest BCUT2D eigenvalue weighted by Gasteiger charge is -2.14. The maximum Gasteiger partial charge on any atom is 0.303 e. The predicted octanol–water partition coefficient (Wildman–Crippen LogP) is 3.37. The number of halogens is 1. The molecule has 0 spiro atoms. The van der Waals surface area contributed by atoms with Crippen LogP contribution < -0.4 is 4.74 Å². The molecule has 0 radical (unpaired) electrons. The van der Waals surface area contributed by atoms with Crippen LogP contribution in [0.2, 0.25) is 5.02 Å². The molecule has 0 bridgehead atoms. The van der Waals surface area contributed by atoms with E-state index in [2.05, 4.69) is 0 Å². The number of methoxy groups -OCH3 is 1. The van der Waals surface area contributed by atoms with Gasteiger partial charge in [0, 0.05) is 12.0 Å². The molecule has 1 aromatic carbocycles. The molecule has 0 heterocycles. The standard InChI is InChI=1S/C13H17ClO3/c1-8-7-10(5-4-6-11(15)16)13(17-3)9(2)12(8)14/h7H,4-6H2,1-3H3,(H,15,16). The van der Waals surface area contributed by atoms with Gasteiger partial charge in [0.2, 0.25) is 0 Å². The van der Waals surface area contributed by atoms with Gasteiger partial charge < -0.3 is 9.84 Å². The normalized spacial score (nSPS) is 10.4. The molecule has 0 aromatic heterocycles. The highest BCUT2D eigenvalue weighted by atomic mass is 35.5. The summed E-state index contributed by atoms with van der Waals surface area (Å²) in [4.78, 5) is 10.5. The highest BCUT2D eigenvalue weighted by molar-refractivity contribution is 6.32. The van der Waals surface area contributed by atoms with Crippen LogP contribution in [0.15, 0.2) is 6.07 Å². The second kappa shape index (κ2) is 5.92. The van der Waals surface area contributed by atoms with Gasteiger partial charge in [-0.05, 0) is 37.8 Å². The molecule has 0 aliphatic rings. The number of hydrogen-bond acceptors (Lipinski definition) is 2. The van der Waals surface area contributed by atoms with E-state index in [1.165, 1.54) is 0 Å². The number of carbonyl (C=O) groups is 1. The highest BCUT2D eigenvalue weighted by Gasteiger charge is 2.12. The van der Waals surface area contributed by atoms with Gasteiger partial charge >= 0.3 is 5.97 Å². The molecule has 17 heavy (non-hydrogen) atoms. The summed E-state index contributed by atoms with van der Waals surface area (Å²) in [5.41, 5.74) is 2.93. The molecule has 1 rings (SSSR count). The van der Waals surface area contributed by atoms with Crippen LogP contribution in [-0.2, 0) is 11.2 Å². The SMILES string of the molecule is COc1c(CCCC(=O)O)cc(C)c(Cl)c1C. The fourth-order valence-electron chi connectivity index (χ4n) is 1.93. The van der Waals surface area contributed by atoms with Crippen molar-refractivity contribution in [1.29, 1.82) is 0 Å². The maximum absolute atomic E-state index is 10.5. The molecule has 0 atom stereocenters. The molecule has 3 nitrogen and oxygen atoms in total. The second-order valence-corrected chi connectivity index (χ2v) is 4.45. The summed E-state index contributed by atoms with van der Waals surface area (Å²) >= 11 is 6.14. The van der Waals surface area contributed by atoms with Gasteiger partial charge in [-0.15, -0.1) is 0 Å². The first-order valence-corrected chi connectivity index (χ1v) is 5.89. The summed E-state index contributed by atoms with van der Waals surface area (Å²) in [6, 6.07) is 1.97. The number of carboxylic acids is 1. The molecule has 0 aliphatic carbocycles. The lowest BCUT2D eigenvalue weighted by atomic mass is 10.0. The van der Waals surface area contributed by atoms with E-state index < -0.39 is 5.97 Å². The topological polar surface area (TPSA) is 46.5 Å². The quantitative estimate of drug-likeness (QED) is 0.879. The zero-order valence-corrected chi connectivity index (χ0v) is 11.1. The fourth-order valence-corrected chi connectivity index (χ4v) is 2.07. The average molecular weight is 257 g/mol. The zero-order chi connectivity index (χ0) is 13.0. The molecule has 94 valence electrons. The van der Waals surface area contributed by atoms with Crippen LogP contribution in [0.5, 0.6) is 5.75 Å². The van der Waals surface area contributed by atoms with Crippen LogP contribution in [0.1, 0.15) is 29.5 Å². The van der Waals surface area contributed by atoms with Gasteiger partial charge in [-0.1, -0.05) is 17.7 Å². The summed E-state index contributed by atoms with van der Waals surface area (Å²) in [6.45, 7) is 3.85. The van der Waals surface area contributed by atoms with Crippen molar-refractivity contribution < 1.29 is 14.6 Å². The zero-order valence-electron chi connectivity index (χ0n) is 10.3. The molecule has 0 unspecified atom stereocenters. The number of carboxylic acid groups (broad SMARTS) is 1. The summed E-state index contributed by atoms with van der Waals surface area (Å²) < 4.78 is 5.34. The molecule has 1 N–H and O–H groups in total. The van der Waals surface area contributed by atoms with E-state index in [4.69, 9.17) is 21.4 Å². The van der Waals surface area contributed by atoms with E-state index in [0.29, 0.717) is 17.9 Å². The summed E-state index contributed by atoms with van der Waals surface area (Å²) in [7, 11) is 1.61. The Labute approximate surface area is 106 Å². The molecule has 0 fully saturated rings. The maximum atomic E-state index is 10.5. The average Bonchev–Trinajstić information content (AvgIpc) is 2.26. The Kier molecular flexibility index (Phi) is 4.82. The largest absolute Gasteiger partial charge is 0.496 e. The second-order valence-electron chi connectivity index (χ2n) is 4.07. The first-order valence-electron chi connectivity index (χ1n) is 5.51. The van der Waals surface area contributed by atoms with E-state index >= 15 is 0 Å². The predicted molar refractivity (Wildman–Crippen MR) is 68.1 cm³/mol. The van der Waals surface area contributed by atoms with Crippen LogP contribution in [0, 0.1) is 13.8 Å². The van der Waals surface area contributed by atoms with Crippen molar-refractivity contribution in [2.24, 2.45) is 0 Å². The third-order valence-electron chi connectivity index (χ3n) is 2.74. The van der Waals surface area contributed by atoms with Gasteiger partial charge in [-0.25, -0.2) is 0 Å². The number of hydrogen-bond donors (Lipinski definition) is 1. The number of rotatable bonds is 5. The van der Waals surface area contributed by atoms with Gasteiger partial charge in [-0.3, -0.25) is 4.79 Å². The van der Waals surface area contributed by atoms with Crippen LogP contribution in [-0.4, -0.2) is 18.2 Å². The van der Waals surface area contributed by atoms with Crippen molar-refractivity contribution in [3.63, 3.8) is 0 Å². The van der Waals surface area contributed by atoms with Crippen molar-refractivity contribution in [1.82, 2.24) is 0 Å². The number of aliphatic carboxylic acids is 1. The van der Waals surface area contributed by atoms with Crippen molar-refractivity contribution in [2.45, 2.75) is 33.1 Å². The number of aryl methyl sites for hydroxylation is 2. The minimum Gasteiger partial charge on any atom is -0.496 e. The van der Waals surface area contributed by atoms with Gasteiger partial charge in [0.05, 0.1) is 12.1 Å². The minimum atomic E-state index is -0.772. The van der Waals surface area contributed by atoms with Crippen LogP contribution in [0.4, 0.5) is 0 Å². The Balaban J connectivity index is 2.94. The fraction of sp³-hybridized carbons (Fsp3) is 0.462. The summed E-state index contributed by atoms with van der Waals surface area (Å²) in [5, 5.41) is 9.33. The van der Waals surface area contributed by atoms with E-state index in [0.717, 1.165) is 22.4 Å². The molecule has 0 saturated carbocycles. The Morgan fingerprint density at radius 2 is 2.12 bits per heavy atom. The number of benzene rings is 1. The lowest BCUT2D eigenvalue weighted by Crippen LogP contribution is -2.00. The minimum absolute atomic E-state index is 0.171.